The van der Waals surface area contributed by atoms with Crippen LogP contribution in [-0.4, -0.2) is 56.8 Å². The highest BCUT2D eigenvalue weighted by Crippen LogP contribution is 2.44. The summed E-state index contributed by atoms with van der Waals surface area (Å²) in [5, 5.41) is 10.8. The Kier molecular flexibility index (Phi) is 6.66. The van der Waals surface area contributed by atoms with E-state index in [9.17, 15) is 19.7 Å². The molecule has 0 aromatic heterocycles. The van der Waals surface area contributed by atoms with Crippen LogP contribution < -0.4 is 0 Å². The van der Waals surface area contributed by atoms with Gasteiger partial charge in [-0.15, -0.1) is 11.8 Å². The van der Waals surface area contributed by atoms with Crippen molar-refractivity contribution >= 4 is 51.3 Å². The Balaban J connectivity index is 1.38. The van der Waals surface area contributed by atoms with Crippen LogP contribution in [-0.2, 0) is 4.79 Å². The van der Waals surface area contributed by atoms with Crippen LogP contribution in [0.1, 0.15) is 28.8 Å². The lowest BCUT2D eigenvalue weighted by molar-refractivity contribution is -0.384. The van der Waals surface area contributed by atoms with Gasteiger partial charge in [0.15, 0.2) is 0 Å². The molecule has 32 heavy (non-hydrogen) atoms. The average Bonchev–Trinajstić information content (AvgIpc) is 3.20. The molecule has 0 aliphatic carbocycles. The highest BCUT2D eigenvalue weighted by atomic mass is 79.9. The molecule has 2 aliphatic heterocycles. The molecule has 2 heterocycles. The van der Waals surface area contributed by atoms with Crippen LogP contribution in [0.5, 0.6) is 0 Å². The summed E-state index contributed by atoms with van der Waals surface area (Å²) in [4.78, 5) is 39.6. The summed E-state index contributed by atoms with van der Waals surface area (Å²) in [5.74, 6) is 0.841. The van der Waals surface area contributed by atoms with Gasteiger partial charge in [0.2, 0.25) is 5.91 Å². The van der Waals surface area contributed by atoms with Gasteiger partial charge in [-0.05, 0) is 54.8 Å². The van der Waals surface area contributed by atoms with Crippen molar-refractivity contribution in [2.24, 2.45) is 0 Å². The Hall–Kier alpha value is -2.65. The van der Waals surface area contributed by atoms with E-state index >= 15 is 0 Å². The van der Waals surface area contributed by atoms with E-state index in [1.807, 2.05) is 40.9 Å². The zero-order valence-corrected chi connectivity index (χ0v) is 19.7. The first-order valence-electron chi connectivity index (χ1n) is 10.3. The highest BCUT2D eigenvalue weighted by molar-refractivity contribution is 9.10. The number of nitrogens with zero attached hydrogens (tertiary/aromatic N) is 3. The van der Waals surface area contributed by atoms with Gasteiger partial charge in [0.1, 0.15) is 0 Å². The smallest absolute Gasteiger partial charge is 0.269 e. The van der Waals surface area contributed by atoms with Gasteiger partial charge in [0.05, 0.1) is 9.79 Å². The molecular weight excluding hydrogens is 494 g/mol. The number of likely N-dealkylation sites (tertiary alicyclic amines) is 1. The predicted molar refractivity (Wildman–Crippen MR) is 128 cm³/mol. The van der Waals surface area contributed by atoms with Crippen molar-refractivity contribution in [3.05, 3.63) is 80.3 Å². The van der Waals surface area contributed by atoms with Crippen LogP contribution in [0.4, 0.5) is 5.69 Å². The van der Waals surface area contributed by atoms with Gasteiger partial charge in [-0.1, -0.05) is 22.0 Å². The molecule has 2 aromatic rings. The van der Waals surface area contributed by atoms with Crippen LogP contribution in [0.15, 0.2) is 59.1 Å². The molecule has 9 heteroatoms. The minimum Gasteiger partial charge on any atom is -0.339 e. The quantitative estimate of drug-likeness (QED) is 0.338. The highest BCUT2D eigenvalue weighted by Gasteiger charge is 2.46. The Morgan fingerprint density at radius 2 is 1.81 bits per heavy atom. The second-order valence-corrected chi connectivity index (χ2v) is 10.1. The summed E-state index contributed by atoms with van der Waals surface area (Å²) < 4.78 is 0.879. The standard InChI is InChI=1S/C23H22BrN3O4S/c24-19-3-1-2-18(16-19)22(29)26-14-15-32-23(26)10-12-25(13-11-23)21(28)9-6-17-4-7-20(8-5-17)27(30)31/h1-9,16H,10-15H2/b9-6+. The van der Waals surface area contributed by atoms with Gasteiger partial charge >= 0.3 is 0 Å². The summed E-state index contributed by atoms with van der Waals surface area (Å²) >= 11 is 5.25. The number of non-ortho nitro benzene ring substituents is 1. The van der Waals surface area contributed by atoms with Gasteiger partial charge in [-0.3, -0.25) is 19.7 Å². The van der Waals surface area contributed by atoms with Crippen molar-refractivity contribution in [2.45, 2.75) is 17.7 Å². The summed E-state index contributed by atoms with van der Waals surface area (Å²) in [6.45, 7) is 1.88. The second kappa shape index (κ2) is 9.46. The number of nitro benzene ring substituents is 1. The molecule has 2 aromatic carbocycles. The third kappa shape index (κ3) is 4.73. The Morgan fingerprint density at radius 1 is 1.09 bits per heavy atom. The minimum absolute atomic E-state index is 0.0193. The zero-order valence-electron chi connectivity index (χ0n) is 17.3. The molecule has 0 radical (unpaired) electrons. The molecule has 2 aliphatic rings. The Labute approximate surface area is 198 Å². The first-order chi connectivity index (χ1) is 15.4. The maximum absolute atomic E-state index is 13.2. The third-order valence-electron chi connectivity index (χ3n) is 5.87. The zero-order chi connectivity index (χ0) is 22.7. The van der Waals surface area contributed by atoms with E-state index in [2.05, 4.69) is 15.9 Å². The molecule has 2 fully saturated rings. The fourth-order valence-corrected chi connectivity index (χ4v) is 6.00. The van der Waals surface area contributed by atoms with Crippen LogP contribution in [0.3, 0.4) is 0 Å². The molecule has 0 unspecified atom stereocenters. The molecular formula is C23H22BrN3O4S. The van der Waals surface area contributed by atoms with Crippen LogP contribution in [0.2, 0.25) is 0 Å². The van der Waals surface area contributed by atoms with Gasteiger partial charge < -0.3 is 9.80 Å². The van der Waals surface area contributed by atoms with Crippen molar-refractivity contribution in [2.75, 3.05) is 25.4 Å². The average molecular weight is 516 g/mol. The van der Waals surface area contributed by atoms with E-state index in [1.165, 1.54) is 18.2 Å². The lowest BCUT2D eigenvalue weighted by atomic mass is 10.0. The monoisotopic (exact) mass is 515 g/mol. The van der Waals surface area contributed by atoms with Gasteiger partial charge in [-0.25, -0.2) is 0 Å². The van der Waals surface area contributed by atoms with E-state index in [-0.39, 0.29) is 22.4 Å². The summed E-state index contributed by atoms with van der Waals surface area (Å²) in [5.41, 5.74) is 1.42. The number of nitro groups is 1. The van der Waals surface area contributed by atoms with Crippen molar-refractivity contribution in [3.8, 4) is 0 Å². The predicted octanol–water partition coefficient (Wildman–Crippen LogP) is 4.58. The molecule has 166 valence electrons. The fraction of sp³-hybridized carbons (Fsp3) is 0.304. The summed E-state index contributed by atoms with van der Waals surface area (Å²) in [7, 11) is 0. The lowest BCUT2D eigenvalue weighted by Gasteiger charge is -2.44. The number of piperidine rings is 1. The topological polar surface area (TPSA) is 83.8 Å². The van der Waals surface area contributed by atoms with E-state index < -0.39 is 4.92 Å². The first-order valence-corrected chi connectivity index (χ1v) is 12.1. The van der Waals surface area contributed by atoms with Crippen molar-refractivity contribution in [3.63, 3.8) is 0 Å². The van der Waals surface area contributed by atoms with E-state index in [4.69, 9.17) is 0 Å². The fourth-order valence-electron chi connectivity index (χ4n) is 4.14. The number of amides is 2. The lowest BCUT2D eigenvalue weighted by Crippen LogP contribution is -2.53. The van der Waals surface area contributed by atoms with E-state index in [1.54, 1.807) is 23.1 Å². The normalized spacial score (nSPS) is 17.8. The van der Waals surface area contributed by atoms with Crippen molar-refractivity contribution in [1.29, 1.82) is 0 Å². The van der Waals surface area contributed by atoms with Crippen LogP contribution >= 0.6 is 27.7 Å². The summed E-state index contributed by atoms with van der Waals surface area (Å²) in [6, 6.07) is 13.5. The van der Waals surface area contributed by atoms with Crippen LogP contribution in [0.25, 0.3) is 6.08 Å². The largest absolute Gasteiger partial charge is 0.339 e. The van der Waals surface area contributed by atoms with Gasteiger partial charge in [0, 0.05) is 53.6 Å². The molecule has 0 N–H and O–H groups in total. The number of rotatable bonds is 4. The number of hydrogen-bond donors (Lipinski definition) is 0. The van der Waals surface area contributed by atoms with E-state index in [0.29, 0.717) is 25.2 Å². The molecule has 2 saturated heterocycles. The Bertz CT molecular complexity index is 1070. The molecule has 0 bridgehead atoms. The molecule has 1 spiro atoms. The van der Waals surface area contributed by atoms with Gasteiger partial charge in [-0.2, -0.15) is 0 Å². The molecule has 4 rings (SSSR count). The summed E-state index contributed by atoms with van der Waals surface area (Å²) in [6.07, 6.45) is 4.64. The number of halogens is 1. The van der Waals surface area contributed by atoms with Crippen molar-refractivity contribution < 1.29 is 14.5 Å². The van der Waals surface area contributed by atoms with Crippen molar-refractivity contribution in [1.82, 2.24) is 9.80 Å². The molecule has 0 saturated carbocycles. The van der Waals surface area contributed by atoms with Gasteiger partial charge in [0.25, 0.3) is 11.6 Å². The number of carbonyl (C=O) groups is 2. The molecule has 0 atom stereocenters. The molecule has 2 amide bonds. The Morgan fingerprint density at radius 3 is 2.47 bits per heavy atom. The maximum Gasteiger partial charge on any atom is 0.269 e. The third-order valence-corrected chi connectivity index (χ3v) is 7.92. The first kappa shape index (κ1) is 22.5. The second-order valence-electron chi connectivity index (χ2n) is 7.77. The SMILES string of the molecule is O=C(/C=C/c1ccc([N+](=O)[O-])cc1)N1CCC2(CC1)SCCN2C(=O)c1cccc(Br)c1. The van der Waals surface area contributed by atoms with E-state index in [0.717, 1.165) is 28.6 Å². The molecule has 7 nitrogen and oxygen atoms in total. The number of benzene rings is 2. The number of hydrogen-bond acceptors (Lipinski definition) is 5. The minimum atomic E-state index is -0.450. The number of thioether (sulfide) groups is 1. The number of carbonyl (C=O) groups excluding carboxylic acids is 2. The van der Waals surface area contributed by atoms with Crippen LogP contribution in [0, 0.1) is 10.1 Å². The maximum atomic E-state index is 13.2.